The highest BCUT2D eigenvalue weighted by molar-refractivity contribution is 6.38. The Balaban J connectivity index is 2.94. The summed E-state index contributed by atoms with van der Waals surface area (Å²) >= 11 is 0. The zero-order valence-electron chi connectivity index (χ0n) is 9.80. The Morgan fingerprint density at radius 1 is 1.32 bits per heavy atom. The van der Waals surface area contributed by atoms with Crippen molar-refractivity contribution < 1.29 is 33.0 Å². The van der Waals surface area contributed by atoms with Crippen LogP contribution in [0.1, 0.15) is 5.56 Å². The van der Waals surface area contributed by atoms with Crippen LogP contribution < -0.4 is 9.47 Å². The van der Waals surface area contributed by atoms with E-state index in [1.54, 1.807) is 0 Å². The number of carbonyl (C=O) groups is 2. The Morgan fingerprint density at radius 3 is 2.53 bits per heavy atom. The summed E-state index contributed by atoms with van der Waals surface area (Å²) in [5.74, 6) is -2.78. The van der Waals surface area contributed by atoms with Crippen molar-refractivity contribution in [3.8, 4) is 11.5 Å². The molecule has 0 aliphatic carbocycles. The van der Waals surface area contributed by atoms with E-state index in [-0.39, 0.29) is 11.5 Å². The van der Waals surface area contributed by atoms with Gasteiger partial charge < -0.3 is 14.6 Å². The van der Waals surface area contributed by atoms with E-state index in [1.165, 1.54) is 31.4 Å². The van der Waals surface area contributed by atoms with E-state index in [0.717, 1.165) is 6.08 Å². The molecule has 0 aliphatic rings. The number of ketones is 1. The molecule has 1 rings (SSSR count). The molecule has 0 atom stereocenters. The lowest BCUT2D eigenvalue weighted by molar-refractivity contribution is -0.146. The van der Waals surface area contributed by atoms with Crippen LogP contribution in [0.5, 0.6) is 11.5 Å². The minimum Gasteiger partial charge on any atom is -0.493 e. The third-order valence-corrected chi connectivity index (χ3v) is 2.04. The minimum atomic E-state index is -2.98. The van der Waals surface area contributed by atoms with Gasteiger partial charge in [0.2, 0.25) is 0 Å². The Morgan fingerprint density at radius 2 is 2.00 bits per heavy atom. The first-order valence-electron chi connectivity index (χ1n) is 5.02. The number of hydrogen-bond acceptors (Lipinski definition) is 4. The van der Waals surface area contributed by atoms with E-state index in [4.69, 9.17) is 9.84 Å². The van der Waals surface area contributed by atoms with Gasteiger partial charge in [0.15, 0.2) is 11.5 Å². The molecule has 0 saturated heterocycles. The van der Waals surface area contributed by atoms with E-state index in [0.29, 0.717) is 5.56 Å². The molecule has 0 radical (unpaired) electrons. The first-order valence-corrected chi connectivity index (χ1v) is 5.02. The molecule has 1 aromatic rings. The lowest BCUT2D eigenvalue weighted by atomic mass is 10.1. The van der Waals surface area contributed by atoms with Crippen molar-refractivity contribution in [2.24, 2.45) is 0 Å². The number of rotatable bonds is 6. The fourth-order valence-electron chi connectivity index (χ4n) is 1.22. The van der Waals surface area contributed by atoms with Crippen LogP contribution >= 0.6 is 0 Å². The van der Waals surface area contributed by atoms with Gasteiger partial charge in [0, 0.05) is 0 Å². The average molecular weight is 272 g/mol. The summed E-state index contributed by atoms with van der Waals surface area (Å²) in [5, 5.41) is 8.38. The molecule has 7 heteroatoms. The molecule has 0 unspecified atom stereocenters. The van der Waals surface area contributed by atoms with Gasteiger partial charge in [0.1, 0.15) is 0 Å². The largest absolute Gasteiger partial charge is 0.493 e. The predicted octanol–water partition coefficient (Wildman–Crippen LogP) is 1.96. The van der Waals surface area contributed by atoms with Crippen molar-refractivity contribution in [1.29, 1.82) is 0 Å². The molecule has 0 aliphatic heterocycles. The quantitative estimate of drug-likeness (QED) is 0.633. The second-order valence-corrected chi connectivity index (χ2v) is 3.29. The highest BCUT2D eigenvalue weighted by Crippen LogP contribution is 2.29. The summed E-state index contributed by atoms with van der Waals surface area (Å²) in [6, 6.07) is 3.95. The number of ether oxygens (including phenoxy) is 2. The number of carbonyl (C=O) groups excluding carboxylic acids is 1. The molecule has 1 aromatic carbocycles. The first kappa shape index (κ1) is 14.6. The molecule has 0 spiro atoms. The van der Waals surface area contributed by atoms with Crippen LogP contribution in [0.2, 0.25) is 0 Å². The number of hydrogen-bond donors (Lipinski definition) is 1. The molecule has 102 valence electrons. The number of benzene rings is 1. The number of methoxy groups -OCH3 is 1. The van der Waals surface area contributed by atoms with Crippen LogP contribution in [0.25, 0.3) is 6.08 Å². The summed E-state index contributed by atoms with van der Waals surface area (Å²) in [7, 11) is 1.27. The maximum Gasteiger partial charge on any atom is 0.387 e. The van der Waals surface area contributed by atoms with Crippen molar-refractivity contribution in [3.63, 3.8) is 0 Å². The molecular weight excluding hydrogens is 262 g/mol. The summed E-state index contributed by atoms with van der Waals surface area (Å²) < 4.78 is 33.2. The molecule has 0 saturated carbocycles. The second kappa shape index (κ2) is 6.48. The molecule has 1 N–H and O–H groups in total. The Labute approximate surface area is 107 Å². The highest BCUT2D eigenvalue weighted by Gasteiger charge is 2.11. The van der Waals surface area contributed by atoms with Gasteiger partial charge >= 0.3 is 12.6 Å². The number of alkyl halides is 2. The lowest BCUT2D eigenvalue weighted by Gasteiger charge is -2.10. The maximum atomic E-state index is 12.1. The second-order valence-electron chi connectivity index (χ2n) is 3.29. The van der Waals surface area contributed by atoms with Gasteiger partial charge in [-0.1, -0.05) is 12.1 Å². The van der Waals surface area contributed by atoms with Crippen LogP contribution in [0, 0.1) is 0 Å². The van der Waals surface area contributed by atoms with Gasteiger partial charge in [-0.2, -0.15) is 8.78 Å². The SMILES string of the molecule is COc1cc(/C=C/C(=O)C(=O)O)ccc1OC(F)F. The monoisotopic (exact) mass is 272 g/mol. The third-order valence-electron chi connectivity index (χ3n) is 2.04. The summed E-state index contributed by atoms with van der Waals surface area (Å²) in [6.07, 6.45) is 2.08. The standard InChI is InChI=1S/C12H10F2O5/c1-18-10-6-7(2-4-8(15)11(16)17)3-5-9(10)19-12(13)14/h2-6,12H,1H3,(H,16,17)/b4-2+. The number of halogens is 2. The maximum absolute atomic E-state index is 12.1. The van der Waals surface area contributed by atoms with Gasteiger partial charge in [-0.05, 0) is 23.8 Å². The van der Waals surface area contributed by atoms with Gasteiger partial charge in [0.25, 0.3) is 5.78 Å². The summed E-state index contributed by atoms with van der Waals surface area (Å²) in [6.45, 7) is -2.98. The topological polar surface area (TPSA) is 72.8 Å². The normalized spacial score (nSPS) is 10.7. The Hall–Kier alpha value is -2.44. The molecule has 0 bridgehead atoms. The molecule has 0 aromatic heterocycles. The third kappa shape index (κ3) is 4.38. The van der Waals surface area contributed by atoms with E-state index in [2.05, 4.69) is 4.74 Å². The van der Waals surface area contributed by atoms with Crippen molar-refractivity contribution >= 4 is 17.8 Å². The number of carboxylic acids is 1. The number of carboxylic acid groups (broad SMARTS) is 1. The zero-order valence-corrected chi connectivity index (χ0v) is 9.80. The van der Waals surface area contributed by atoms with E-state index < -0.39 is 18.4 Å². The molecule has 0 fully saturated rings. The van der Waals surface area contributed by atoms with Crippen LogP contribution in [-0.2, 0) is 9.59 Å². The predicted molar refractivity (Wildman–Crippen MR) is 61.3 cm³/mol. The molecular formula is C12H10F2O5. The number of aliphatic carboxylic acids is 1. The smallest absolute Gasteiger partial charge is 0.387 e. The van der Waals surface area contributed by atoms with Gasteiger partial charge in [-0.25, -0.2) is 4.79 Å². The van der Waals surface area contributed by atoms with E-state index in [1.807, 2.05) is 0 Å². The highest BCUT2D eigenvalue weighted by atomic mass is 19.3. The molecule has 5 nitrogen and oxygen atoms in total. The van der Waals surface area contributed by atoms with Crippen LogP contribution in [0.15, 0.2) is 24.3 Å². The molecule has 0 heterocycles. The minimum absolute atomic E-state index is 0.0465. The van der Waals surface area contributed by atoms with Crippen molar-refractivity contribution in [2.75, 3.05) is 7.11 Å². The van der Waals surface area contributed by atoms with Crippen LogP contribution in [0.4, 0.5) is 8.78 Å². The Kier molecular flexibility index (Phi) is 4.99. The van der Waals surface area contributed by atoms with E-state index >= 15 is 0 Å². The van der Waals surface area contributed by atoms with Crippen molar-refractivity contribution in [3.05, 3.63) is 29.8 Å². The van der Waals surface area contributed by atoms with Gasteiger partial charge in [-0.3, -0.25) is 4.79 Å². The zero-order chi connectivity index (χ0) is 14.4. The van der Waals surface area contributed by atoms with Crippen LogP contribution in [-0.4, -0.2) is 30.6 Å². The Bertz CT molecular complexity index is 511. The molecule has 0 amide bonds. The first-order chi connectivity index (χ1) is 8.93. The molecule has 19 heavy (non-hydrogen) atoms. The van der Waals surface area contributed by atoms with Gasteiger partial charge in [0.05, 0.1) is 7.11 Å². The summed E-state index contributed by atoms with van der Waals surface area (Å²) in [4.78, 5) is 21.1. The lowest BCUT2D eigenvalue weighted by Crippen LogP contribution is -2.08. The van der Waals surface area contributed by atoms with Gasteiger partial charge in [-0.15, -0.1) is 0 Å². The van der Waals surface area contributed by atoms with Crippen molar-refractivity contribution in [1.82, 2.24) is 0 Å². The average Bonchev–Trinajstić information content (AvgIpc) is 2.36. The van der Waals surface area contributed by atoms with Crippen molar-refractivity contribution in [2.45, 2.75) is 6.61 Å². The van der Waals surface area contributed by atoms with Crippen LogP contribution in [0.3, 0.4) is 0 Å². The fraction of sp³-hybridized carbons (Fsp3) is 0.167. The van der Waals surface area contributed by atoms with E-state index in [9.17, 15) is 18.4 Å². The summed E-state index contributed by atoms with van der Waals surface area (Å²) in [5.41, 5.74) is 0.410. The fourth-order valence-corrected chi connectivity index (χ4v) is 1.22.